The van der Waals surface area contributed by atoms with Gasteiger partial charge in [-0.15, -0.1) is 0 Å². The second kappa shape index (κ2) is 9.38. The van der Waals surface area contributed by atoms with Gasteiger partial charge in [0.05, 0.1) is 11.1 Å². The molecule has 11 nitrogen and oxygen atoms in total. The first kappa shape index (κ1) is 23.6. The van der Waals surface area contributed by atoms with Gasteiger partial charge < -0.3 is 14.6 Å². The van der Waals surface area contributed by atoms with Crippen LogP contribution in [0, 0.1) is 18.3 Å². The number of aromatic nitrogens is 2. The molecule has 0 bridgehead atoms. The number of hydrogen-bond donors (Lipinski definition) is 2. The molecule has 2 heterocycles. The summed E-state index contributed by atoms with van der Waals surface area (Å²) in [6.07, 6.45) is -4.52. The minimum absolute atomic E-state index is 0.124. The molecule has 35 heavy (non-hydrogen) atoms. The lowest BCUT2D eigenvalue weighted by Gasteiger charge is -2.25. The van der Waals surface area contributed by atoms with Crippen LogP contribution in [-0.4, -0.2) is 45.1 Å². The van der Waals surface area contributed by atoms with Crippen LogP contribution in [0.25, 0.3) is 0 Å². The van der Waals surface area contributed by atoms with Crippen molar-refractivity contribution < 1.29 is 28.9 Å². The Bertz CT molecular complexity index is 1420. The smallest absolute Gasteiger partial charge is 0.340 e. The number of nitriles is 1. The summed E-state index contributed by atoms with van der Waals surface area (Å²) in [4.78, 5) is 51.5. The Morgan fingerprint density at radius 1 is 1.06 bits per heavy atom. The summed E-state index contributed by atoms with van der Waals surface area (Å²) in [5.74, 6) is -1.76. The number of aryl methyl sites for hydroxylation is 1. The fourth-order valence-corrected chi connectivity index (χ4v) is 3.66. The first-order chi connectivity index (χ1) is 16.8. The number of carbonyl (C=O) groups is 2. The molecule has 4 rings (SSSR count). The zero-order valence-corrected chi connectivity index (χ0v) is 18.3. The molecule has 0 aliphatic carbocycles. The first-order valence-corrected chi connectivity index (χ1v) is 10.4. The van der Waals surface area contributed by atoms with Gasteiger partial charge >= 0.3 is 17.6 Å². The third-order valence-electron chi connectivity index (χ3n) is 5.46. The number of esters is 2. The Morgan fingerprint density at radius 3 is 2.40 bits per heavy atom. The number of ether oxygens (including phenoxy) is 3. The number of rotatable bonds is 5. The summed E-state index contributed by atoms with van der Waals surface area (Å²) in [6, 6.07) is 16.9. The third-order valence-corrected chi connectivity index (χ3v) is 5.46. The van der Waals surface area contributed by atoms with Gasteiger partial charge in [-0.1, -0.05) is 36.4 Å². The lowest BCUT2D eigenvalue weighted by molar-refractivity contribution is -0.174. The Morgan fingerprint density at radius 2 is 1.74 bits per heavy atom. The molecule has 2 N–H and O–H groups in total. The van der Waals surface area contributed by atoms with Crippen molar-refractivity contribution in [3.05, 3.63) is 104 Å². The molecule has 11 heteroatoms. The fourth-order valence-electron chi connectivity index (χ4n) is 3.66. The van der Waals surface area contributed by atoms with Crippen molar-refractivity contribution in [2.75, 3.05) is 0 Å². The zero-order chi connectivity index (χ0) is 25.2. The maximum atomic E-state index is 12.9. The highest BCUT2D eigenvalue weighted by molar-refractivity contribution is 5.91. The van der Waals surface area contributed by atoms with E-state index in [0.29, 0.717) is 10.1 Å². The molecular weight excluding hydrogens is 458 g/mol. The van der Waals surface area contributed by atoms with Crippen molar-refractivity contribution in [3.8, 4) is 6.07 Å². The third kappa shape index (κ3) is 4.35. The Kier molecular flexibility index (Phi) is 6.33. The SMILES string of the molecule is Cc1ccccc1C(=O)O[C@H]1O[C@@](C#N)(n2ccc(=O)[nH]c2=O)[C@@H](O)[C@@H]1OC(=O)c1ccccc1. The number of aliphatic hydroxyl groups is 1. The number of benzene rings is 2. The molecule has 1 aliphatic rings. The van der Waals surface area contributed by atoms with Crippen molar-refractivity contribution in [2.45, 2.75) is 31.1 Å². The molecular formula is C24H19N3O8. The molecule has 1 fully saturated rings. The average molecular weight is 477 g/mol. The predicted molar refractivity (Wildman–Crippen MR) is 118 cm³/mol. The summed E-state index contributed by atoms with van der Waals surface area (Å²) >= 11 is 0. The lowest BCUT2D eigenvalue weighted by atomic mass is 10.1. The van der Waals surface area contributed by atoms with Gasteiger partial charge in [0.2, 0.25) is 6.29 Å². The van der Waals surface area contributed by atoms with Gasteiger partial charge in [-0.05, 0) is 30.7 Å². The normalized spacial score (nSPS) is 23.3. The quantitative estimate of drug-likeness (QED) is 0.507. The molecule has 3 aromatic rings. The summed E-state index contributed by atoms with van der Waals surface area (Å²) in [5, 5.41) is 21.0. The van der Waals surface area contributed by atoms with Crippen molar-refractivity contribution in [3.63, 3.8) is 0 Å². The van der Waals surface area contributed by atoms with E-state index >= 15 is 0 Å². The molecule has 178 valence electrons. The highest BCUT2D eigenvalue weighted by Crippen LogP contribution is 2.37. The van der Waals surface area contributed by atoms with Crippen LogP contribution in [0.2, 0.25) is 0 Å². The molecule has 0 radical (unpaired) electrons. The number of carbonyl (C=O) groups excluding carboxylic acids is 2. The van der Waals surface area contributed by atoms with E-state index in [1.54, 1.807) is 49.4 Å². The van der Waals surface area contributed by atoms with E-state index < -0.39 is 47.4 Å². The largest absolute Gasteiger partial charge is 0.449 e. The first-order valence-electron chi connectivity index (χ1n) is 10.4. The molecule has 0 unspecified atom stereocenters. The molecule has 1 saturated heterocycles. The summed E-state index contributed by atoms with van der Waals surface area (Å²) in [5.41, 5.74) is -3.43. The molecule has 0 amide bonds. The number of nitrogens with one attached hydrogen (secondary N) is 1. The zero-order valence-electron chi connectivity index (χ0n) is 18.3. The van der Waals surface area contributed by atoms with Crippen molar-refractivity contribution in [1.82, 2.24) is 9.55 Å². The Hall–Kier alpha value is -4.53. The number of hydrogen-bond acceptors (Lipinski definition) is 9. The van der Waals surface area contributed by atoms with Crippen LogP contribution in [0.5, 0.6) is 0 Å². The highest BCUT2D eigenvalue weighted by Gasteiger charge is 2.61. The van der Waals surface area contributed by atoms with Crippen molar-refractivity contribution in [2.24, 2.45) is 0 Å². The van der Waals surface area contributed by atoms with Crippen LogP contribution in [0.3, 0.4) is 0 Å². The van der Waals surface area contributed by atoms with Gasteiger partial charge in [-0.3, -0.25) is 19.1 Å². The van der Waals surface area contributed by atoms with Gasteiger partial charge in [0.25, 0.3) is 11.3 Å². The standard InChI is InChI=1S/C24H19N3O8/c1-14-7-5-6-10-16(14)21(31)34-22-18(33-20(30)15-8-3-2-4-9-15)19(29)24(13-25,35-22)27-12-11-17(28)26-23(27)32/h2-12,18-19,22,29H,1H3,(H,26,28,32)/t18-,19-,22-,24+/m0/s1. The number of H-pyrrole nitrogens is 1. The van der Waals surface area contributed by atoms with E-state index in [2.05, 4.69) is 0 Å². The Labute approximate surface area is 197 Å². The van der Waals surface area contributed by atoms with E-state index in [1.807, 2.05) is 4.98 Å². The van der Waals surface area contributed by atoms with Crippen LogP contribution in [0.15, 0.2) is 76.4 Å². The minimum atomic E-state index is -2.49. The van der Waals surface area contributed by atoms with Gasteiger partial charge in [-0.2, -0.15) is 5.26 Å². The van der Waals surface area contributed by atoms with Crippen LogP contribution < -0.4 is 11.2 Å². The van der Waals surface area contributed by atoms with E-state index in [1.165, 1.54) is 18.2 Å². The van der Waals surface area contributed by atoms with E-state index in [-0.39, 0.29) is 11.1 Å². The second-order valence-electron chi connectivity index (χ2n) is 7.68. The monoisotopic (exact) mass is 477 g/mol. The van der Waals surface area contributed by atoms with Gasteiger partial charge in [0.15, 0.2) is 12.2 Å². The molecule has 2 aromatic carbocycles. The van der Waals surface area contributed by atoms with E-state index in [4.69, 9.17) is 14.2 Å². The lowest BCUT2D eigenvalue weighted by Crippen LogP contribution is -2.51. The van der Waals surface area contributed by atoms with Gasteiger partial charge in [0.1, 0.15) is 6.07 Å². The predicted octanol–water partition coefficient (Wildman–Crippen LogP) is 0.821. The second-order valence-corrected chi connectivity index (χ2v) is 7.68. The molecule has 0 spiro atoms. The molecule has 1 aromatic heterocycles. The summed E-state index contributed by atoms with van der Waals surface area (Å²) in [6.45, 7) is 1.67. The van der Waals surface area contributed by atoms with Crippen LogP contribution >= 0.6 is 0 Å². The Balaban J connectivity index is 1.74. The molecule has 1 aliphatic heterocycles. The van der Waals surface area contributed by atoms with Gasteiger partial charge in [0, 0.05) is 12.3 Å². The minimum Gasteiger partial charge on any atom is -0.449 e. The molecule has 0 saturated carbocycles. The maximum absolute atomic E-state index is 12.9. The average Bonchev–Trinajstić information content (AvgIpc) is 3.11. The van der Waals surface area contributed by atoms with Crippen LogP contribution in [-0.2, 0) is 19.9 Å². The van der Waals surface area contributed by atoms with Gasteiger partial charge in [-0.25, -0.2) is 14.4 Å². The maximum Gasteiger partial charge on any atom is 0.340 e. The number of aliphatic hydroxyl groups excluding tert-OH is 1. The number of aromatic amines is 1. The van der Waals surface area contributed by atoms with Crippen molar-refractivity contribution >= 4 is 11.9 Å². The topological polar surface area (TPSA) is 161 Å². The summed E-state index contributed by atoms with van der Waals surface area (Å²) in [7, 11) is 0. The van der Waals surface area contributed by atoms with Crippen LogP contribution in [0.1, 0.15) is 26.3 Å². The fraction of sp³-hybridized carbons (Fsp3) is 0.208. The summed E-state index contributed by atoms with van der Waals surface area (Å²) < 4.78 is 17.0. The van der Waals surface area contributed by atoms with E-state index in [0.717, 1.165) is 12.3 Å². The highest BCUT2D eigenvalue weighted by atomic mass is 16.7. The number of nitrogens with zero attached hydrogens (tertiary/aromatic N) is 2. The van der Waals surface area contributed by atoms with E-state index in [9.17, 15) is 29.5 Å². The van der Waals surface area contributed by atoms with Crippen LogP contribution in [0.4, 0.5) is 0 Å². The van der Waals surface area contributed by atoms with Crippen molar-refractivity contribution in [1.29, 1.82) is 5.26 Å². The molecule has 4 atom stereocenters.